The highest BCUT2D eigenvalue weighted by molar-refractivity contribution is 8.18. The van der Waals surface area contributed by atoms with E-state index >= 15 is 0 Å². The molecular formula is C20H24N2O5S. The Bertz CT molecular complexity index is 802. The van der Waals surface area contributed by atoms with E-state index in [0.717, 1.165) is 54.6 Å². The minimum absolute atomic E-state index is 0.00243. The van der Waals surface area contributed by atoms with Gasteiger partial charge in [-0.2, -0.15) is 0 Å². The first kappa shape index (κ1) is 20.3. The molecule has 2 heterocycles. The largest absolute Gasteiger partial charge is 0.493 e. The second-order valence-electron chi connectivity index (χ2n) is 6.64. The number of ether oxygens (including phenoxy) is 2. The third-order valence-electron chi connectivity index (χ3n) is 4.84. The lowest BCUT2D eigenvalue weighted by Crippen LogP contribution is -2.38. The van der Waals surface area contributed by atoms with Crippen molar-refractivity contribution in [3.8, 4) is 11.5 Å². The smallest absolute Gasteiger partial charge is 0.293 e. The van der Waals surface area contributed by atoms with Gasteiger partial charge in [-0.3, -0.25) is 19.3 Å². The van der Waals surface area contributed by atoms with Crippen molar-refractivity contribution in [3.63, 3.8) is 0 Å². The van der Waals surface area contributed by atoms with Crippen LogP contribution >= 0.6 is 11.8 Å². The predicted octanol–water partition coefficient (Wildman–Crippen LogP) is 3.14. The Balaban J connectivity index is 1.66. The first-order chi connectivity index (χ1) is 13.5. The Morgan fingerprint density at radius 3 is 2.50 bits per heavy atom. The zero-order valence-corrected chi connectivity index (χ0v) is 16.9. The Morgan fingerprint density at radius 1 is 1.11 bits per heavy atom. The normalized spacial score (nSPS) is 18.7. The van der Waals surface area contributed by atoms with Crippen molar-refractivity contribution >= 4 is 34.9 Å². The highest BCUT2D eigenvalue weighted by Crippen LogP contribution is 2.34. The van der Waals surface area contributed by atoms with Crippen LogP contribution in [-0.4, -0.2) is 60.7 Å². The van der Waals surface area contributed by atoms with E-state index in [4.69, 9.17) is 9.47 Å². The molecule has 2 fully saturated rings. The molecule has 0 atom stereocenters. The topological polar surface area (TPSA) is 76.2 Å². The molecule has 0 bridgehead atoms. The lowest BCUT2D eigenvalue weighted by molar-refractivity contribution is -0.132. The van der Waals surface area contributed by atoms with Gasteiger partial charge in [-0.15, -0.1) is 0 Å². The van der Waals surface area contributed by atoms with Gasteiger partial charge in [-0.25, -0.2) is 0 Å². The fourth-order valence-electron chi connectivity index (χ4n) is 3.30. The van der Waals surface area contributed by atoms with Crippen molar-refractivity contribution in [3.05, 3.63) is 28.7 Å². The third-order valence-corrected chi connectivity index (χ3v) is 5.74. The average Bonchev–Trinajstić information content (AvgIpc) is 2.99. The number of piperidine rings is 1. The fourth-order valence-corrected chi connectivity index (χ4v) is 4.16. The second-order valence-corrected chi connectivity index (χ2v) is 7.63. The summed E-state index contributed by atoms with van der Waals surface area (Å²) in [4.78, 5) is 40.5. The molecule has 3 rings (SSSR count). The van der Waals surface area contributed by atoms with Gasteiger partial charge in [0.2, 0.25) is 5.91 Å². The number of imide groups is 1. The third kappa shape index (κ3) is 4.49. The van der Waals surface area contributed by atoms with Crippen LogP contribution in [-0.2, 0) is 9.59 Å². The van der Waals surface area contributed by atoms with Gasteiger partial charge in [0.15, 0.2) is 11.5 Å². The van der Waals surface area contributed by atoms with Crippen LogP contribution in [0.25, 0.3) is 6.08 Å². The number of hydrogen-bond acceptors (Lipinski definition) is 6. The van der Waals surface area contributed by atoms with Crippen molar-refractivity contribution in [1.82, 2.24) is 9.80 Å². The Morgan fingerprint density at radius 2 is 1.82 bits per heavy atom. The van der Waals surface area contributed by atoms with E-state index in [9.17, 15) is 14.4 Å². The summed E-state index contributed by atoms with van der Waals surface area (Å²) in [5.41, 5.74) is 0.729. The molecule has 0 N–H and O–H groups in total. The molecule has 2 aliphatic rings. The number of amides is 3. The number of carbonyl (C=O) groups excluding carboxylic acids is 3. The molecule has 0 saturated carbocycles. The van der Waals surface area contributed by atoms with Gasteiger partial charge in [0.25, 0.3) is 11.1 Å². The Hall–Kier alpha value is -2.48. The number of thioether (sulfide) groups is 1. The van der Waals surface area contributed by atoms with Crippen molar-refractivity contribution in [2.75, 3.05) is 33.9 Å². The summed E-state index contributed by atoms with van der Waals surface area (Å²) in [7, 11) is 3.09. The number of hydrogen-bond donors (Lipinski definition) is 0. The summed E-state index contributed by atoms with van der Waals surface area (Å²) < 4.78 is 10.5. The predicted molar refractivity (Wildman–Crippen MR) is 107 cm³/mol. The second kappa shape index (κ2) is 9.14. The molecule has 0 aromatic heterocycles. The lowest BCUT2D eigenvalue weighted by atomic mass is 10.1. The molecule has 7 nitrogen and oxygen atoms in total. The van der Waals surface area contributed by atoms with E-state index < -0.39 is 0 Å². The van der Waals surface area contributed by atoms with Crippen LogP contribution < -0.4 is 9.47 Å². The zero-order valence-electron chi connectivity index (χ0n) is 16.1. The molecule has 28 heavy (non-hydrogen) atoms. The minimum Gasteiger partial charge on any atom is -0.493 e. The molecular weight excluding hydrogens is 380 g/mol. The van der Waals surface area contributed by atoms with Gasteiger partial charge < -0.3 is 14.4 Å². The van der Waals surface area contributed by atoms with Crippen LogP contribution in [0.1, 0.15) is 31.2 Å². The summed E-state index contributed by atoms with van der Waals surface area (Å²) >= 11 is 0.889. The molecule has 0 radical (unpaired) electrons. The lowest BCUT2D eigenvalue weighted by Gasteiger charge is -2.27. The maximum absolute atomic E-state index is 12.6. The SMILES string of the molecule is COc1ccc(/C=C2/SC(=O)N(CCC(=O)N3CCCCC3)C2=O)cc1OC. The monoisotopic (exact) mass is 404 g/mol. The zero-order chi connectivity index (χ0) is 20.1. The highest BCUT2D eigenvalue weighted by Gasteiger charge is 2.35. The Kier molecular flexibility index (Phi) is 6.61. The molecule has 0 spiro atoms. The van der Waals surface area contributed by atoms with Crippen molar-refractivity contribution in [1.29, 1.82) is 0 Å². The molecule has 150 valence electrons. The molecule has 1 aromatic rings. The number of benzene rings is 1. The maximum Gasteiger partial charge on any atom is 0.293 e. The molecule has 0 aliphatic carbocycles. The van der Waals surface area contributed by atoms with E-state index in [1.807, 2.05) is 4.90 Å². The van der Waals surface area contributed by atoms with E-state index in [0.29, 0.717) is 16.4 Å². The van der Waals surface area contributed by atoms with E-state index in [1.54, 1.807) is 31.4 Å². The molecule has 1 aromatic carbocycles. The average molecular weight is 404 g/mol. The van der Waals surface area contributed by atoms with Gasteiger partial charge in [0, 0.05) is 26.1 Å². The van der Waals surface area contributed by atoms with E-state index in [-0.39, 0.29) is 30.0 Å². The summed E-state index contributed by atoms with van der Waals surface area (Å²) in [6, 6.07) is 5.27. The van der Waals surface area contributed by atoms with Gasteiger partial charge in [-0.1, -0.05) is 6.07 Å². The van der Waals surface area contributed by atoms with Gasteiger partial charge >= 0.3 is 0 Å². The molecule has 8 heteroatoms. The minimum atomic E-state index is -0.365. The highest BCUT2D eigenvalue weighted by atomic mass is 32.2. The van der Waals surface area contributed by atoms with Crippen LogP contribution in [0.3, 0.4) is 0 Å². The summed E-state index contributed by atoms with van der Waals surface area (Å²) in [6.07, 6.45) is 5.00. The quantitative estimate of drug-likeness (QED) is 0.678. The van der Waals surface area contributed by atoms with Crippen LogP contribution in [0.5, 0.6) is 11.5 Å². The van der Waals surface area contributed by atoms with E-state index in [2.05, 4.69) is 0 Å². The summed E-state index contributed by atoms with van der Waals surface area (Å²) in [5, 5.41) is -0.344. The molecule has 2 saturated heterocycles. The first-order valence-electron chi connectivity index (χ1n) is 9.28. The van der Waals surface area contributed by atoms with Crippen LogP contribution in [0.4, 0.5) is 4.79 Å². The van der Waals surface area contributed by atoms with Crippen LogP contribution in [0.2, 0.25) is 0 Å². The van der Waals surface area contributed by atoms with Crippen LogP contribution in [0.15, 0.2) is 23.1 Å². The fraction of sp³-hybridized carbons (Fsp3) is 0.450. The standard InChI is InChI=1S/C20H24N2O5S/c1-26-15-7-6-14(12-16(15)27-2)13-17-19(24)22(20(25)28-17)11-8-18(23)21-9-4-3-5-10-21/h6-7,12-13H,3-5,8-11H2,1-2H3/b17-13+. The van der Waals surface area contributed by atoms with Gasteiger partial charge in [-0.05, 0) is 54.8 Å². The number of rotatable bonds is 6. The number of likely N-dealkylation sites (tertiary alicyclic amines) is 1. The molecule has 2 aliphatic heterocycles. The Labute approximate surface area is 168 Å². The summed E-state index contributed by atoms with van der Waals surface area (Å²) in [5.74, 6) is 0.769. The van der Waals surface area contributed by atoms with Gasteiger partial charge in [0.1, 0.15) is 0 Å². The number of methoxy groups -OCH3 is 2. The summed E-state index contributed by atoms with van der Waals surface area (Å²) in [6.45, 7) is 1.64. The molecule has 3 amide bonds. The van der Waals surface area contributed by atoms with Crippen molar-refractivity contribution < 1.29 is 23.9 Å². The van der Waals surface area contributed by atoms with Crippen LogP contribution in [0, 0.1) is 0 Å². The maximum atomic E-state index is 12.6. The first-order valence-corrected chi connectivity index (χ1v) is 10.1. The van der Waals surface area contributed by atoms with Gasteiger partial charge in [0.05, 0.1) is 19.1 Å². The number of nitrogens with zero attached hydrogens (tertiary/aromatic N) is 2. The number of carbonyl (C=O) groups is 3. The van der Waals surface area contributed by atoms with Crippen molar-refractivity contribution in [2.24, 2.45) is 0 Å². The molecule has 0 unspecified atom stereocenters. The van der Waals surface area contributed by atoms with E-state index in [1.165, 1.54) is 7.11 Å². The van der Waals surface area contributed by atoms with Crippen molar-refractivity contribution in [2.45, 2.75) is 25.7 Å².